The quantitative estimate of drug-likeness (QED) is 0.831. The van der Waals surface area contributed by atoms with E-state index in [4.69, 9.17) is 4.74 Å². The highest BCUT2D eigenvalue weighted by atomic mass is 32.2. The Morgan fingerprint density at radius 1 is 1.40 bits per heavy atom. The number of aryl methyl sites for hydroxylation is 1. The lowest BCUT2D eigenvalue weighted by molar-refractivity contribution is -0.122. The lowest BCUT2D eigenvalue weighted by Crippen LogP contribution is -2.30. The monoisotopic (exact) mass is 291 g/mol. The van der Waals surface area contributed by atoms with Crippen molar-refractivity contribution in [3.8, 4) is 5.75 Å². The van der Waals surface area contributed by atoms with Crippen LogP contribution in [0.15, 0.2) is 35.2 Å². The van der Waals surface area contributed by atoms with Crippen LogP contribution < -0.4 is 10.1 Å². The predicted molar refractivity (Wildman–Crippen MR) is 80.3 cm³/mol. The minimum absolute atomic E-state index is 0.231. The van der Waals surface area contributed by atoms with E-state index >= 15 is 0 Å². The van der Waals surface area contributed by atoms with Crippen molar-refractivity contribution < 1.29 is 9.53 Å². The third-order valence-corrected chi connectivity index (χ3v) is 3.44. The Bertz CT molecular complexity index is 580. The van der Waals surface area contributed by atoms with Gasteiger partial charge in [0, 0.05) is 16.7 Å². The number of nitrogens with one attached hydrogen (secondary N) is 2. The number of hydrogen-bond acceptors (Lipinski definition) is 4. The van der Waals surface area contributed by atoms with Gasteiger partial charge in [-0.25, -0.2) is 0 Å². The van der Waals surface area contributed by atoms with Crippen LogP contribution in [0.3, 0.4) is 0 Å². The van der Waals surface area contributed by atoms with E-state index in [0.29, 0.717) is 11.6 Å². The van der Waals surface area contributed by atoms with Crippen molar-refractivity contribution in [2.45, 2.75) is 24.8 Å². The Morgan fingerprint density at radius 3 is 2.65 bits per heavy atom. The van der Waals surface area contributed by atoms with E-state index in [0.717, 1.165) is 10.6 Å². The van der Waals surface area contributed by atoms with Gasteiger partial charge in [0.05, 0.1) is 0 Å². The summed E-state index contributed by atoms with van der Waals surface area (Å²) in [5.41, 5.74) is 0.890. The van der Waals surface area contributed by atoms with E-state index in [1.807, 2.05) is 37.4 Å². The van der Waals surface area contributed by atoms with Gasteiger partial charge >= 0.3 is 0 Å². The zero-order chi connectivity index (χ0) is 14.5. The molecule has 0 bridgehead atoms. The molecular formula is C14H17N3O2S. The molecule has 0 aliphatic heterocycles. The molecule has 0 aliphatic rings. The Balaban J connectivity index is 1.92. The number of anilines is 1. The molecule has 1 heterocycles. The summed E-state index contributed by atoms with van der Waals surface area (Å²) in [7, 11) is 0. The summed E-state index contributed by atoms with van der Waals surface area (Å²) < 4.78 is 5.60. The maximum absolute atomic E-state index is 12.0. The molecule has 0 saturated carbocycles. The number of carbonyl (C=O) groups excluding carboxylic acids is 1. The molecular weight excluding hydrogens is 274 g/mol. The number of nitrogens with zero attached hydrogens (tertiary/aromatic N) is 1. The number of carbonyl (C=O) groups is 1. The molecule has 0 fully saturated rings. The summed E-state index contributed by atoms with van der Waals surface area (Å²) >= 11 is 1.66. The van der Waals surface area contributed by atoms with Crippen LogP contribution in [0.4, 0.5) is 5.82 Å². The molecule has 2 aromatic rings. The molecule has 6 heteroatoms. The van der Waals surface area contributed by atoms with Gasteiger partial charge in [-0.2, -0.15) is 5.10 Å². The largest absolute Gasteiger partial charge is 0.481 e. The number of aromatic amines is 1. The van der Waals surface area contributed by atoms with Crippen molar-refractivity contribution in [1.29, 1.82) is 0 Å². The number of H-pyrrole nitrogens is 1. The predicted octanol–water partition coefficient (Wildman–Crippen LogP) is 2.85. The normalized spacial score (nSPS) is 11.9. The van der Waals surface area contributed by atoms with E-state index in [1.165, 1.54) is 0 Å². The van der Waals surface area contributed by atoms with E-state index in [-0.39, 0.29) is 5.91 Å². The third kappa shape index (κ3) is 3.77. The lowest BCUT2D eigenvalue weighted by atomic mass is 10.3. The average Bonchev–Trinajstić information content (AvgIpc) is 2.85. The molecule has 5 nitrogen and oxygen atoms in total. The summed E-state index contributed by atoms with van der Waals surface area (Å²) in [6.07, 6.45) is 1.42. The minimum atomic E-state index is -0.591. The number of aromatic nitrogens is 2. The van der Waals surface area contributed by atoms with Crippen LogP contribution in [0, 0.1) is 6.92 Å². The van der Waals surface area contributed by atoms with Gasteiger partial charge in [0.25, 0.3) is 5.91 Å². The van der Waals surface area contributed by atoms with Crippen LogP contribution in [0.2, 0.25) is 0 Å². The number of amides is 1. The summed E-state index contributed by atoms with van der Waals surface area (Å²) in [6.45, 7) is 3.58. The maximum Gasteiger partial charge on any atom is 0.266 e. The number of hydrogen-bond donors (Lipinski definition) is 2. The van der Waals surface area contributed by atoms with Crippen LogP contribution in [0.1, 0.15) is 12.6 Å². The molecule has 0 saturated heterocycles. The van der Waals surface area contributed by atoms with Gasteiger partial charge in [0.2, 0.25) is 0 Å². The second kappa shape index (κ2) is 6.47. The minimum Gasteiger partial charge on any atom is -0.481 e. The highest BCUT2D eigenvalue weighted by Crippen LogP contribution is 2.20. The van der Waals surface area contributed by atoms with Crippen LogP contribution in [-0.4, -0.2) is 28.5 Å². The average molecular weight is 291 g/mol. The standard InChI is InChI=1S/C14H17N3O2S/c1-9-8-13(17-16-9)15-14(18)10(2)19-11-4-6-12(20-3)7-5-11/h4-8,10H,1-3H3,(H2,15,16,17,18)/t10-/m0/s1. The molecule has 0 aliphatic carbocycles. The molecule has 2 N–H and O–H groups in total. The van der Waals surface area contributed by atoms with Crippen molar-refractivity contribution >= 4 is 23.5 Å². The first-order valence-electron chi connectivity index (χ1n) is 6.22. The van der Waals surface area contributed by atoms with E-state index < -0.39 is 6.10 Å². The number of thioether (sulfide) groups is 1. The van der Waals surface area contributed by atoms with Gasteiger partial charge in [0.15, 0.2) is 11.9 Å². The van der Waals surface area contributed by atoms with Gasteiger partial charge in [-0.1, -0.05) is 0 Å². The summed E-state index contributed by atoms with van der Waals surface area (Å²) in [5, 5.41) is 9.41. The van der Waals surface area contributed by atoms with Crippen molar-refractivity contribution in [1.82, 2.24) is 10.2 Å². The number of rotatable bonds is 5. The summed E-state index contributed by atoms with van der Waals surface area (Å²) in [5.74, 6) is 0.940. The van der Waals surface area contributed by atoms with Gasteiger partial charge in [-0.3, -0.25) is 9.89 Å². The molecule has 1 amide bonds. The molecule has 1 aromatic heterocycles. The molecule has 1 aromatic carbocycles. The summed E-state index contributed by atoms with van der Waals surface area (Å²) in [4.78, 5) is 13.1. The second-order valence-corrected chi connectivity index (χ2v) is 5.24. The zero-order valence-corrected chi connectivity index (χ0v) is 12.5. The molecule has 2 rings (SSSR count). The van der Waals surface area contributed by atoms with Crippen LogP contribution in [0.25, 0.3) is 0 Å². The fourth-order valence-electron chi connectivity index (χ4n) is 1.62. The molecule has 106 valence electrons. The number of benzene rings is 1. The van der Waals surface area contributed by atoms with Gasteiger partial charge in [-0.05, 0) is 44.4 Å². The van der Waals surface area contributed by atoms with Crippen molar-refractivity contribution in [2.24, 2.45) is 0 Å². The van der Waals surface area contributed by atoms with Crippen LogP contribution in [-0.2, 0) is 4.79 Å². The van der Waals surface area contributed by atoms with E-state index in [2.05, 4.69) is 15.5 Å². The first-order valence-corrected chi connectivity index (χ1v) is 7.44. The fourth-order valence-corrected chi connectivity index (χ4v) is 2.03. The Hall–Kier alpha value is -1.95. The van der Waals surface area contributed by atoms with Crippen LogP contribution in [0.5, 0.6) is 5.75 Å². The maximum atomic E-state index is 12.0. The Kier molecular flexibility index (Phi) is 4.68. The van der Waals surface area contributed by atoms with Crippen molar-refractivity contribution in [2.75, 3.05) is 11.6 Å². The SMILES string of the molecule is CSc1ccc(O[C@@H](C)C(=O)Nc2cc(C)[nH]n2)cc1. The van der Waals surface area contributed by atoms with Gasteiger partial charge in [0.1, 0.15) is 5.75 Å². The lowest BCUT2D eigenvalue weighted by Gasteiger charge is -2.13. The Labute approximate surface area is 122 Å². The van der Waals surface area contributed by atoms with Crippen LogP contribution >= 0.6 is 11.8 Å². The smallest absolute Gasteiger partial charge is 0.266 e. The fraction of sp³-hybridized carbons (Fsp3) is 0.286. The molecule has 0 spiro atoms. The van der Waals surface area contributed by atoms with E-state index in [1.54, 1.807) is 24.8 Å². The first-order chi connectivity index (χ1) is 9.58. The molecule has 1 atom stereocenters. The zero-order valence-electron chi connectivity index (χ0n) is 11.6. The second-order valence-electron chi connectivity index (χ2n) is 4.36. The van der Waals surface area contributed by atoms with Crippen molar-refractivity contribution in [3.63, 3.8) is 0 Å². The summed E-state index contributed by atoms with van der Waals surface area (Å²) in [6, 6.07) is 9.39. The Morgan fingerprint density at radius 2 is 2.10 bits per heavy atom. The topological polar surface area (TPSA) is 67.0 Å². The highest BCUT2D eigenvalue weighted by molar-refractivity contribution is 7.98. The third-order valence-electron chi connectivity index (χ3n) is 2.70. The van der Waals surface area contributed by atoms with Crippen molar-refractivity contribution in [3.05, 3.63) is 36.0 Å². The molecule has 20 heavy (non-hydrogen) atoms. The molecule has 0 unspecified atom stereocenters. The number of ether oxygens (including phenoxy) is 1. The van der Waals surface area contributed by atoms with Gasteiger partial charge < -0.3 is 10.1 Å². The van der Waals surface area contributed by atoms with Gasteiger partial charge in [-0.15, -0.1) is 11.8 Å². The van der Waals surface area contributed by atoms with E-state index in [9.17, 15) is 4.79 Å². The first kappa shape index (κ1) is 14.5. The highest BCUT2D eigenvalue weighted by Gasteiger charge is 2.15. The molecule has 0 radical (unpaired) electrons.